The summed E-state index contributed by atoms with van der Waals surface area (Å²) in [4.78, 5) is 0. The molecule has 2 rings (SSSR count). The molecule has 1 aliphatic heterocycles. The van der Waals surface area contributed by atoms with Crippen molar-refractivity contribution in [3.63, 3.8) is 0 Å². The van der Waals surface area contributed by atoms with Gasteiger partial charge in [-0.2, -0.15) is 0 Å². The van der Waals surface area contributed by atoms with Crippen LogP contribution in [0.5, 0.6) is 5.75 Å². The van der Waals surface area contributed by atoms with Gasteiger partial charge in [-0.05, 0) is 43.5 Å². The zero-order chi connectivity index (χ0) is 9.97. The highest BCUT2D eigenvalue weighted by Crippen LogP contribution is 2.22. The van der Waals surface area contributed by atoms with E-state index in [4.69, 9.17) is 4.74 Å². The Morgan fingerprint density at radius 2 is 2.36 bits per heavy atom. The van der Waals surface area contributed by atoms with Gasteiger partial charge in [-0.25, -0.2) is 0 Å². The fourth-order valence-electron chi connectivity index (χ4n) is 1.62. The van der Waals surface area contributed by atoms with Crippen molar-refractivity contribution in [1.29, 1.82) is 0 Å². The monoisotopic (exact) mass is 193 g/mol. The number of rotatable bonds is 2. The number of aryl methyl sites for hydroxylation is 1. The normalized spacial score (nSPS) is 21.1. The quantitative estimate of drug-likeness (QED) is 0.708. The molecule has 1 saturated heterocycles. The van der Waals surface area contributed by atoms with Crippen LogP contribution in [0.15, 0.2) is 18.2 Å². The van der Waals surface area contributed by atoms with Crippen LogP contribution in [0, 0.1) is 6.92 Å². The zero-order valence-electron chi connectivity index (χ0n) is 8.29. The summed E-state index contributed by atoms with van der Waals surface area (Å²) in [6.07, 6.45) is 2.31. The van der Waals surface area contributed by atoms with Crippen LogP contribution in [0.3, 0.4) is 0 Å². The predicted octanol–water partition coefficient (Wildman–Crippen LogP) is 2.25. The molecule has 0 radical (unpaired) electrons. The summed E-state index contributed by atoms with van der Waals surface area (Å²) in [5, 5.41) is 12.6. The Bertz CT molecular complexity index is 319. The van der Waals surface area contributed by atoms with Crippen molar-refractivity contribution >= 4 is 5.69 Å². The van der Waals surface area contributed by atoms with Gasteiger partial charge in [0.1, 0.15) is 12.0 Å². The first-order valence-electron chi connectivity index (χ1n) is 4.93. The molecule has 1 aromatic carbocycles. The molecule has 1 fully saturated rings. The molecule has 1 aliphatic rings. The Labute approximate surface area is 83.7 Å². The summed E-state index contributed by atoms with van der Waals surface area (Å²) in [5.41, 5.74) is 1.89. The number of phenols is 1. The van der Waals surface area contributed by atoms with Crippen molar-refractivity contribution in [2.45, 2.75) is 26.0 Å². The van der Waals surface area contributed by atoms with Crippen LogP contribution < -0.4 is 5.32 Å². The fourth-order valence-corrected chi connectivity index (χ4v) is 1.62. The predicted molar refractivity (Wildman–Crippen MR) is 55.4 cm³/mol. The lowest BCUT2D eigenvalue weighted by Gasteiger charge is -2.13. The number of anilines is 1. The Morgan fingerprint density at radius 3 is 3.00 bits per heavy atom. The van der Waals surface area contributed by atoms with Crippen LogP contribution in [0.1, 0.15) is 18.4 Å². The van der Waals surface area contributed by atoms with Crippen molar-refractivity contribution in [2.75, 3.05) is 11.9 Å². The van der Waals surface area contributed by atoms with Crippen molar-refractivity contribution in [3.05, 3.63) is 23.8 Å². The summed E-state index contributed by atoms with van der Waals surface area (Å²) in [7, 11) is 0. The molecule has 0 aromatic heterocycles. The van der Waals surface area contributed by atoms with Crippen molar-refractivity contribution < 1.29 is 9.84 Å². The second kappa shape index (κ2) is 3.88. The van der Waals surface area contributed by atoms with Gasteiger partial charge in [0.15, 0.2) is 0 Å². The first-order chi connectivity index (χ1) is 6.75. The van der Waals surface area contributed by atoms with Crippen LogP contribution in [0.4, 0.5) is 5.69 Å². The number of hydrogen-bond acceptors (Lipinski definition) is 3. The van der Waals surface area contributed by atoms with E-state index in [9.17, 15) is 5.11 Å². The van der Waals surface area contributed by atoms with Crippen molar-refractivity contribution in [3.8, 4) is 5.75 Å². The van der Waals surface area contributed by atoms with Gasteiger partial charge in [0.25, 0.3) is 0 Å². The van der Waals surface area contributed by atoms with Gasteiger partial charge in [-0.3, -0.25) is 0 Å². The van der Waals surface area contributed by atoms with Crippen LogP contribution in [0.25, 0.3) is 0 Å². The SMILES string of the molecule is Cc1cc(NC2CCCO2)ccc1O. The lowest BCUT2D eigenvalue weighted by molar-refractivity contribution is 0.132. The minimum atomic E-state index is 0.138. The Kier molecular flexibility index (Phi) is 2.59. The molecule has 1 aromatic rings. The molecule has 1 atom stereocenters. The lowest BCUT2D eigenvalue weighted by atomic mass is 10.2. The molecular weight excluding hydrogens is 178 g/mol. The van der Waals surface area contributed by atoms with Gasteiger partial charge >= 0.3 is 0 Å². The summed E-state index contributed by atoms with van der Waals surface area (Å²) >= 11 is 0. The third kappa shape index (κ3) is 1.99. The van der Waals surface area contributed by atoms with Gasteiger partial charge in [0, 0.05) is 12.3 Å². The van der Waals surface area contributed by atoms with Gasteiger partial charge in [0.2, 0.25) is 0 Å². The van der Waals surface area contributed by atoms with E-state index in [1.54, 1.807) is 6.07 Å². The molecule has 0 bridgehead atoms. The van der Waals surface area contributed by atoms with Gasteiger partial charge < -0.3 is 15.2 Å². The van der Waals surface area contributed by atoms with E-state index in [1.165, 1.54) is 0 Å². The molecule has 1 unspecified atom stereocenters. The third-order valence-electron chi connectivity index (χ3n) is 2.45. The Morgan fingerprint density at radius 1 is 1.50 bits per heavy atom. The van der Waals surface area contributed by atoms with Crippen LogP contribution in [0.2, 0.25) is 0 Å². The molecule has 14 heavy (non-hydrogen) atoms. The van der Waals surface area contributed by atoms with E-state index in [0.29, 0.717) is 5.75 Å². The molecule has 0 amide bonds. The molecule has 3 nitrogen and oxygen atoms in total. The molecule has 76 valence electrons. The van der Waals surface area contributed by atoms with Gasteiger partial charge in [0.05, 0.1) is 0 Å². The second-order valence-electron chi connectivity index (χ2n) is 3.65. The number of ether oxygens (including phenoxy) is 1. The van der Waals surface area contributed by atoms with Crippen molar-refractivity contribution in [2.24, 2.45) is 0 Å². The molecule has 0 saturated carbocycles. The second-order valence-corrected chi connectivity index (χ2v) is 3.65. The highest BCUT2D eigenvalue weighted by atomic mass is 16.5. The van der Waals surface area contributed by atoms with Crippen molar-refractivity contribution in [1.82, 2.24) is 0 Å². The number of hydrogen-bond donors (Lipinski definition) is 2. The fraction of sp³-hybridized carbons (Fsp3) is 0.455. The molecule has 3 heteroatoms. The van der Waals surface area contributed by atoms with Crippen LogP contribution >= 0.6 is 0 Å². The van der Waals surface area contributed by atoms with Crippen LogP contribution in [-0.2, 0) is 4.74 Å². The topological polar surface area (TPSA) is 41.5 Å². The maximum atomic E-state index is 9.35. The Balaban J connectivity index is 2.05. The molecule has 0 spiro atoms. The smallest absolute Gasteiger partial charge is 0.127 e. The van der Waals surface area contributed by atoms with Gasteiger partial charge in [-0.15, -0.1) is 0 Å². The average molecular weight is 193 g/mol. The van der Waals surface area contributed by atoms with Gasteiger partial charge in [-0.1, -0.05) is 0 Å². The van der Waals surface area contributed by atoms with E-state index in [0.717, 1.165) is 30.7 Å². The minimum absolute atomic E-state index is 0.138. The zero-order valence-corrected chi connectivity index (χ0v) is 8.29. The molecular formula is C11H15NO2. The number of benzene rings is 1. The molecule has 0 aliphatic carbocycles. The first-order valence-corrected chi connectivity index (χ1v) is 4.93. The first kappa shape index (κ1) is 9.34. The summed E-state index contributed by atoms with van der Waals surface area (Å²) < 4.78 is 5.45. The Hall–Kier alpha value is -1.22. The summed E-state index contributed by atoms with van der Waals surface area (Å²) in [6.45, 7) is 2.73. The van der Waals surface area contributed by atoms with E-state index in [1.807, 2.05) is 19.1 Å². The maximum Gasteiger partial charge on any atom is 0.127 e. The maximum absolute atomic E-state index is 9.35. The highest BCUT2D eigenvalue weighted by molar-refractivity contribution is 5.50. The average Bonchev–Trinajstić information content (AvgIpc) is 2.64. The van der Waals surface area contributed by atoms with E-state index >= 15 is 0 Å². The number of phenolic OH excluding ortho intramolecular Hbond substituents is 1. The highest BCUT2D eigenvalue weighted by Gasteiger charge is 2.14. The number of aromatic hydroxyl groups is 1. The van der Waals surface area contributed by atoms with E-state index < -0.39 is 0 Å². The standard InChI is InChI=1S/C11H15NO2/c1-8-7-9(4-5-10(8)13)12-11-3-2-6-14-11/h4-5,7,11-13H,2-3,6H2,1H3. The molecule has 2 N–H and O–H groups in total. The third-order valence-corrected chi connectivity index (χ3v) is 2.45. The lowest BCUT2D eigenvalue weighted by Crippen LogP contribution is -2.17. The van der Waals surface area contributed by atoms with E-state index in [-0.39, 0.29) is 6.23 Å². The van der Waals surface area contributed by atoms with E-state index in [2.05, 4.69) is 5.32 Å². The molecule has 1 heterocycles. The van der Waals surface area contributed by atoms with Crippen LogP contribution in [-0.4, -0.2) is 17.9 Å². The summed E-state index contributed by atoms with van der Waals surface area (Å²) in [6, 6.07) is 5.49. The minimum Gasteiger partial charge on any atom is -0.508 e. The summed E-state index contributed by atoms with van der Waals surface area (Å²) in [5.74, 6) is 0.336. The number of nitrogens with one attached hydrogen (secondary N) is 1. The largest absolute Gasteiger partial charge is 0.508 e.